The van der Waals surface area contributed by atoms with Gasteiger partial charge in [-0.2, -0.15) is 0 Å². The SMILES string of the molecule is COC(=O)c1cncc(C(=O)N2CCN(C3c4ccccc4CCc4ccccc43)CC2)c1. The Morgan fingerprint density at radius 1 is 0.848 bits per heavy atom. The van der Waals surface area contributed by atoms with Crippen LogP contribution in [0.5, 0.6) is 0 Å². The molecule has 2 aliphatic rings. The fourth-order valence-electron chi connectivity index (χ4n) is 5.04. The highest BCUT2D eigenvalue weighted by atomic mass is 16.5. The second-order valence-electron chi connectivity index (χ2n) is 8.58. The summed E-state index contributed by atoms with van der Waals surface area (Å²) in [5.41, 5.74) is 6.25. The molecule has 2 aromatic carbocycles. The molecule has 168 valence electrons. The number of amides is 1. The standard InChI is InChI=1S/C27H27N3O3/c1-33-27(32)22-16-21(17-28-18-22)26(31)30-14-12-29(13-15-30)25-23-8-4-2-6-19(23)10-11-20-7-3-5-9-24(20)25/h2-9,16-18,25H,10-15H2,1H3. The number of hydrogen-bond acceptors (Lipinski definition) is 5. The lowest BCUT2D eigenvalue weighted by Gasteiger charge is -2.40. The third-order valence-electron chi connectivity index (χ3n) is 6.74. The van der Waals surface area contributed by atoms with Crippen LogP contribution in [0.3, 0.4) is 0 Å². The maximum absolute atomic E-state index is 13.1. The number of fused-ring (bicyclic) bond motifs is 2. The van der Waals surface area contributed by atoms with Crippen molar-refractivity contribution in [3.63, 3.8) is 0 Å². The number of ether oxygens (including phenoxy) is 1. The molecule has 0 saturated carbocycles. The minimum absolute atomic E-state index is 0.102. The highest BCUT2D eigenvalue weighted by Gasteiger charge is 2.32. The molecule has 0 N–H and O–H groups in total. The summed E-state index contributed by atoms with van der Waals surface area (Å²) in [5.74, 6) is -0.595. The molecule has 0 unspecified atom stereocenters. The summed E-state index contributed by atoms with van der Waals surface area (Å²) in [5, 5.41) is 0. The first kappa shape index (κ1) is 21.3. The van der Waals surface area contributed by atoms with Gasteiger partial charge in [-0.1, -0.05) is 48.5 Å². The molecule has 2 heterocycles. The van der Waals surface area contributed by atoms with Crippen LogP contribution in [-0.4, -0.2) is 59.9 Å². The molecule has 0 atom stereocenters. The smallest absolute Gasteiger partial charge is 0.339 e. The van der Waals surface area contributed by atoms with Gasteiger partial charge in [0.15, 0.2) is 0 Å². The van der Waals surface area contributed by atoms with Crippen molar-refractivity contribution in [2.24, 2.45) is 0 Å². The van der Waals surface area contributed by atoms with E-state index in [9.17, 15) is 9.59 Å². The van der Waals surface area contributed by atoms with E-state index in [0.29, 0.717) is 18.7 Å². The van der Waals surface area contributed by atoms with Crippen molar-refractivity contribution in [1.29, 1.82) is 0 Å². The van der Waals surface area contributed by atoms with Crippen LogP contribution in [0.1, 0.15) is 49.0 Å². The second-order valence-corrected chi connectivity index (χ2v) is 8.58. The Morgan fingerprint density at radius 3 is 2.03 bits per heavy atom. The maximum atomic E-state index is 13.1. The van der Waals surface area contributed by atoms with Gasteiger partial charge in [0.05, 0.1) is 24.3 Å². The fraction of sp³-hybridized carbons (Fsp3) is 0.296. The third kappa shape index (κ3) is 4.14. The molecule has 6 nitrogen and oxygen atoms in total. The summed E-state index contributed by atoms with van der Waals surface area (Å²) in [4.78, 5) is 33.3. The minimum atomic E-state index is -0.493. The lowest BCUT2D eigenvalue weighted by molar-refractivity contribution is 0.0595. The quantitative estimate of drug-likeness (QED) is 0.582. The zero-order valence-corrected chi connectivity index (χ0v) is 18.7. The van der Waals surface area contributed by atoms with Crippen LogP contribution < -0.4 is 0 Å². The van der Waals surface area contributed by atoms with Gasteiger partial charge in [-0.25, -0.2) is 4.79 Å². The van der Waals surface area contributed by atoms with Gasteiger partial charge >= 0.3 is 5.97 Å². The Balaban J connectivity index is 1.37. The van der Waals surface area contributed by atoms with Crippen molar-refractivity contribution < 1.29 is 14.3 Å². The topological polar surface area (TPSA) is 62.7 Å². The Labute approximate surface area is 193 Å². The van der Waals surface area contributed by atoms with Crippen LogP contribution in [-0.2, 0) is 17.6 Å². The number of aryl methyl sites for hydroxylation is 2. The van der Waals surface area contributed by atoms with Gasteiger partial charge in [-0.3, -0.25) is 14.7 Å². The molecule has 1 saturated heterocycles. The first-order chi connectivity index (χ1) is 16.2. The van der Waals surface area contributed by atoms with Crippen LogP contribution in [0, 0.1) is 0 Å². The zero-order chi connectivity index (χ0) is 22.8. The van der Waals surface area contributed by atoms with E-state index in [1.54, 1.807) is 6.07 Å². The molecule has 1 fully saturated rings. The van der Waals surface area contributed by atoms with Crippen LogP contribution >= 0.6 is 0 Å². The van der Waals surface area contributed by atoms with Gasteiger partial charge in [0.2, 0.25) is 0 Å². The number of esters is 1. The van der Waals surface area contributed by atoms with Gasteiger partial charge in [0.25, 0.3) is 5.91 Å². The summed E-state index contributed by atoms with van der Waals surface area (Å²) in [7, 11) is 1.32. The van der Waals surface area contributed by atoms with Crippen molar-refractivity contribution in [3.05, 3.63) is 100 Å². The lowest BCUT2D eigenvalue weighted by Crippen LogP contribution is -2.50. The van der Waals surface area contributed by atoms with Crippen LogP contribution in [0.4, 0.5) is 0 Å². The fourth-order valence-corrected chi connectivity index (χ4v) is 5.04. The van der Waals surface area contributed by atoms with E-state index in [-0.39, 0.29) is 17.5 Å². The molecule has 1 aromatic heterocycles. The average Bonchev–Trinajstić information content (AvgIpc) is 3.05. The molecule has 1 aliphatic heterocycles. The number of piperazine rings is 1. The van der Waals surface area contributed by atoms with Gasteiger partial charge in [0, 0.05) is 38.6 Å². The predicted octanol–water partition coefficient (Wildman–Crippen LogP) is 3.51. The van der Waals surface area contributed by atoms with Crippen LogP contribution in [0.2, 0.25) is 0 Å². The van der Waals surface area contributed by atoms with E-state index in [1.165, 1.54) is 41.8 Å². The first-order valence-electron chi connectivity index (χ1n) is 11.4. The number of nitrogens with zero attached hydrogens (tertiary/aromatic N) is 3. The Bertz CT molecular complexity index is 1140. The highest BCUT2D eigenvalue weighted by molar-refractivity contribution is 5.97. The number of rotatable bonds is 3. The number of pyridine rings is 1. The largest absolute Gasteiger partial charge is 0.465 e. The zero-order valence-electron chi connectivity index (χ0n) is 18.7. The summed E-state index contributed by atoms with van der Waals surface area (Å²) < 4.78 is 4.75. The summed E-state index contributed by atoms with van der Waals surface area (Å²) in [6.07, 6.45) is 5.03. The average molecular weight is 442 g/mol. The molecule has 0 spiro atoms. The van der Waals surface area contributed by atoms with Crippen molar-refractivity contribution >= 4 is 11.9 Å². The Hall–Kier alpha value is -3.51. The minimum Gasteiger partial charge on any atom is -0.465 e. The molecule has 5 rings (SSSR count). The number of methoxy groups -OCH3 is 1. The first-order valence-corrected chi connectivity index (χ1v) is 11.4. The molecule has 6 heteroatoms. The number of carbonyl (C=O) groups excluding carboxylic acids is 2. The second kappa shape index (κ2) is 9.16. The molecule has 33 heavy (non-hydrogen) atoms. The van der Waals surface area contributed by atoms with E-state index < -0.39 is 5.97 Å². The summed E-state index contributed by atoms with van der Waals surface area (Å²) in [6, 6.07) is 19.3. The molecule has 0 radical (unpaired) electrons. The van der Waals surface area contributed by atoms with E-state index in [4.69, 9.17) is 4.74 Å². The van der Waals surface area contributed by atoms with Crippen molar-refractivity contribution in [2.75, 3.05) is 33.3 Å². The monoisotopic (exact) mass is 441 g/mol. The number of hydrogen-bond donors (Lipinski definition) is 0. The number of carbonyl (C=O) groups is 2. The van der Waals surface area contributed by atoms with Crippen molar-refractivity contribution in [2.45, 2.75) is 18.9 Å². The Kier molecular flexibility index (Phi) is 5.92. The molecule has 0 bridgehead atoms. The Morgan fingerprint density at radius 2 is 1.42 bits per heavy atom. The molecular formula is C27H27N3O3. The lowest BCUT2D eigenvalue weighted by atomic mass is 9.92. The number of aromatic nitrogens is 1. The van der Waals surface area contributed by atoms with E-state index in [2.05, 4.69) is 58.4 Å². The van der Waals surface area contributed by atoms with Gasteiger partial charge in [-0.05, 0) is 41.2 Å². The van der Waals surface area contributed by atoms with Gasteiger partial charge < -0.3 is 9.64 Å². The molecule has 1 amide bonds. The summed E-state index contributed by atoms with van der Waals surface area (Å²) in [6.45, 7) is 2.82. The van der Waals surface area contributed by atoms with E-state index in [0.717, 1.165) is 25.9 Å². The van der Waals surface area contributed by atoms with Crippen LogP contribution in [0.15, 0.2) is 67.0 Å². The molecule has 3 aromatic rings. The highest BCUT2D eigenvalue weighted by Crippen LogP contribution is 2.37. The van der Waals surface area contributed by atoms with E-state index in [1.807, 2.05) is 4.90 Å². The van der Waals surface area contributed by atoms with Gasteiger partial charge in [-0.15, -0.1) is 0 Å². The summed E-state index contributed by atoms with van der Waals surface area (Å²) >= 11 is 0. The molecule has 1 aliphatic carbocycles. The molecular weight excluding hydrogens is 414 g/mol. The maximum Gasteiger partial charge on any atom is 0.339 e. The third-order valence-corrected chi connectivity index (χ3v) is 6.74. The van der Waals surface area contributed by atoms with Crippen LogP contribution in [0.25, 0.3) is 0 Å². The normalized spacial score (nSPS) is 16.5. The predicted molar refractivity (Wildman–Crippen MR) is 125 cm³/mol. The van der Waals surface area contributed by atoms with Crippen molar-refractivity contribution in [1.82, 2.24) is 14.8 Å². The van der Waals surface area contributed by atoms with E-state index >= 15 is 0 Å². The number of benzene rings is 2. The van der Waals surface area contributed by atoms with Crippen molar-refractivity contribution in [3.8, 4) is 0 Å². The van der Waals surface area contributed by atoms with Gasteiger partial charge in [0.1, 0.15) is 0 Å².